The van der Waals surface area contributed by atoms with E-state index in [1.807, 2.05) is 41.3 Å². The number of carbonyl (C=O) groups excluding carboxylic acids is 1. The van der Waals surface area contributed by atoms with E-state index in [1.54, 1.807) is 14.2 Å². The highest BCUT2D eigenvalue weighted by molar-refractivity contribution is 5.76. The van der Waals surface area contributed by atoms with Gasteiger partial charge in [0, 0.05) is 51.1 Å². The Morgan fingerprint density at radius 2 is 1.56 bits per heavy atom. The first kappa shape index (κ1) is 23.8. The Balaban J connectivity index is 1.15. The maximum atomic E-state index is 12.6. The van der Waals surface area contributed by atoms with E-state index in [1.165, 1.54) is 5.56 Å². The minimum atomic E-state index is 0.199. The van der Waals surface area contributed by atoms with Crippen LogP contribution < -0.4 is 9.47 Å². The Kier molecular flexibility index (Phi) is 8.14. The van der Waals surface area contributed by atoms with Crippen LogP contribution in [0.2, 0.25) is 0 Å². The Hall–Kier alpha value is -3.39. The molecule has 1 fully saturated rings. The summed E-state index contributed by atoms with van der Waals surface area (Å²) in [5.74, 6) is 2.97. The fourth-order valence-corrected chi connectivity index (χ4v) is 4.06. The fourth-order valence-electron chi connectivity index (χ4n) is 4.06. The van der Waals surface area contributed by atoms with Crippen LogP contribution in [-0.2, 0) is 17.6 Å². The molecule has 0 aliphatic carbocycles. The molecule has 8 nitrogen and oxygen atoms in total. The molecule has 1 amide bonds. The van der Waals surface area contributed by atoms with Crippen molar-refractivity contribution in [1.29, 1.82) is 0 Å². The van der Waals surface area contributed by atoms with E-state index in [4.69, 9.17) is 14.0 Å². The number of amides is 1. The molecule has 4 rings (SSSR count). The zero-order valence-corrected chi connectivity index (χ0v) is 19.9. The Labute approximate surface area is 200 Å². The second-order valence-corrected chi connectivity index (χ2v) is 8.41. The van der Waals surface area contributed by atoms with Gasteiger partial charge in [0.2, 0.25) is 17.6 Å². The molecule has 1 saturated heterocycles. The Bertz CT molecular complexity index is 1040. The topological polar surface area (TPSA) is 80.9 Å². The lowest BCUT2D eigenvalue weighted by molar-refractivity contribution is -0.133. The number of hydrogen-bond donors (Lipinski definition) is 0. The van der Waals surface area contributed by atoms with Crippen molar-refractivity contribution < 1.29 is 18.8 Å². The monoisotopic (exact) mass is 464 g/mol. The molecule has 0 spiro atoms. The van der Waals surface area contributed by atoms with Crippen LogP contribution in [0.1, 0.15) is 24.3 Å². The van der Waals surface area contributed by atoms with Crippen molar-refractivity contribution in [2.24, 2.45) is 0 Å². The van der Waals surface area contributed by atoms with Gasteiger partial charge in [-0.25, -0.2) is 0 Å². The highest BCUT2D eigenvalue weighted by Gasteiger charge is 2.21. The molecule has 2 heterocycles. The number of aromatic nitrogens is 2. The number of hydrogen-bond acceptors (Lipinski definition) is 7. The highest BCUT2D eigenvalue weighted by atomic mass is 16.5. The summed E-state index contributed by atoms with van der Waals surface area (Å²) >= 11 is 0. The summed E-state index contributed by atoms with van der Waals surface area (Å²) in [6, 6.07) is 15.7. The van der Waals surface area contributed by atoms with Crippen LogP contribution in [0.25, 0.3) is 11.4 Å². The molecule has 0 unspecified atom stereocenters. The van der Waals surface area contributed by atoms with Crippen molar-refractivity contribution in [2.45, 2.75) is 25.7 Å². The van der Waals surface area contributed by atoms with Crippen LogP contribution in [0.3, 0.4) is 0 Å². The predicted molar refractivity (Wildman–Crippen MR) is 129 cm³/mol. The molecule has 0 atom stereocenters. The molecule has 0 bridgehead atoms. The summed E-state index contributed by atoms with van der Waals surface area (Å²) in [6.45, 7) is 4.39. The zero-order chi connectivity index (χ0) is 23.8. The number of benzene rings is 2. The molecule has 3 aromatic rings. The van der Waals surface area contributed by atoms with E-state index in [0.717, 1.165) is 56.2 Å². The molecule has 180 valence electrons. The van der Waals surface area contributed by atoms with Crippen LogP contribution in [-0.4, -0.2) is 72.8 Å². The van der Waals surface area contributed by atoms with E-state index in [9.17, 15) is 4.79 Å². The average molecular weight is 465 g/mol. The van der Waals surface area contributed by atoms with Crippen LogP contribution in [0.4, 0.5) is 0 Å². The van der Waals surface area contributed by atoms with E-state index in [2.05, 4.69) is 27.2 Å². The predicted octanol–water partition coefficient (Wildman–Crippen LogP) is 3.46. The van der Waals surface area contributed by atoms with Gasteiger partial charge in [0.1, 0.15) is 11.5 Å². The van der Waals surface area contributed by atoms with Crippen molar-refractivity contribution in [2.75, 3.05) is 46.9 Å². The van der Waals surface area contributed by atoms with Gasteiger partial charge in [-0.2, -0.15) is 4.98 Å². The lowest BCUT2D eigenvalue weighted by atomic mass is 10.1. The van der Waals surface area contributed by atoms with Gasteiger partial charge in [0.25, 0.3) is 0 Å². The standard InChI is InChI=1S/C26H32N4O4/c1-32-22-10-6-20(7-11-22)14-15-29-16-18-30(19-17-29)25(31)5-3-4-24-27-26(28-34-24)21-8-12-23(33-2)13-9-21/h6-13H,3-5,14-19H2,1-2H3. The van der Waals surface area contributed by atoms with Crippen LogP contribution in [0.15, 0.2) is 53.1 Å². The number of nitrogens with zero attached hydrogens (tertiary/aromatic N) is 4. The van der Waals surface area contributed by atoms with Crippen molar-refractivity contribution in [3.8, 4) is 22.9 Å². The third kappa shape index (κ3) is 6.35. The third-order valence-corrected chi connectivity index (χ3v) is 6.20. The van der Waals surface area contributed by atoms with Gasteiger partial charge in [0.15, 0.2) is 0 Å². The summed E-state index contributed by atoms with van der Waals surface area (Å²) in [5.41, 5.74) is 2.17. The zero-order valence-electron chi connectivity index (χ0n) is 19.9. The molecule has 2 aromatic carbocycles. The van der Waals surface area contributed by atoms with Crippen molar-refractivity contribution in [3.05, 3.63) is 60.0 Å². The third-order valence-electron chi connectivity index (χ3n) is 6.20. The Morgan fingerprint density at radius 1 is 0.912 bits per heavy atom. The normalized spacial score (nSPS) is 14.2. The second kappa shape index (κ2) is 11.7. The van der Waals surface area contributed by atoms with Crippen LogP contribution in [0.5, 0.6) is 11.5 Å². The molecule has 34 heavy (non-hydrogen) atoms. The molecule has 8 heteroatoms. The van der Waals surface area contributed by atoms with Gasteiger partial charge < -0.3 is 18.9 Å². The van der Waals surface area contributed by atoms with Gasteiger partial charge in [-0.3, -0.25) is 9.69 Å². The van der Waals surface area contributed by atoms with Crippen LogP contribution in [0, 0.1) is 0 Å². The summed E-state index contributed by atoms with van der Waals surface area (Å²) in [5, 5.41) is 4.05. The van der Waals surface area contributed by atoms with Gasteiger partial charge >= 0.3 is 0 Å². The summed E-state index contributed by atoms with van der Waals surface area (Å²) in [7, 11) is 3.31. The molecule has 1 aromatic heterocycles. The van der Waals surface area contributed by atoms with E-state index in [0.29, 0.717) is 31.0 Å². The van der Waals surface area contributed by atoms with Crippen LogP contribution >= 0.6 is 0 Å². The number of carbonyl (C=O) groups is 1. The fraction of sp³-hybridized carbons (Fsp3) is 0.423. The van der Waals surface area contributed by atoms with Crippen molar-refractivity contribution in [1.82, 2.24) is 19.9 Å². The smallest absolute Gasteiger partial charge is 0.226 e. The molecular formula is C26H32N4O4. The lowest BCUT2D eigenvalue weighted by Crippen LogP contribution is -2.49. The lowest BCUT2D eigenvalue weighted by Gasteiger charge is -2.34. The van der Waals surface area contributed by atoms with Gasteiger partial charge in [-0.15, -0.1) is 0 Å². The molecule has 0 N–H and O–H groups in total. The molecular weight excluding hydrogens is 432 g/mol. The second-order valence-electron chi connectivity index (χ2n) is 8.41. The largest absolute Gasteiger partial charge is 0.497 e. The van der Waals surface area contributed by atoms with Gasteiger partial charge in [-0.1, -0.05) is 17.3 Å². The number of methoxy groups -OCH3 is 2. The maximum Gasteiger partial charge on any atom is 0.226 e. The van der Waals surface area contributed by atoms with Crippen molar-refractivity contribution >= 4 is 5.91 Å². The minimum Gasteiger partial charge on any atom is -0.497 e. The van der Waals surface area contributed by atoms with E-state index >= 15 is 0 Å². The minimum absolute atomic E-state index is 0.199. The number of ether oxygens (including phenoxy) is 2. The highest BCUT2D eigenvalue weighted by Crippen LogP contribution is 2.20. The number of rotatable bonds is 10. The van der Waals surface area contributed by atoms with Crippen molar-refractivity contribution in [3.63, 3.8) is 0 Å². The van der Waals surface area contributed by atoms with E-state index in [-0.39, 0.29) is 5.91 Å². The molecule has 0 radical (unpaired) electrons. The Morgan fingerprint density at radius 3 is 2.21 bits per heavy atom. The summed E-state index contributed by atoms with van der Waals surface area (Å²) < 4.78 is 15.7. The van der Waals surface area contributed by atoms with Gasteiger partial charge in [0.05, 0.1) is 14.2 Å². The number of piperazine rings is 1. The first-order chi connectivity index (χ1) is 16.6. The summed E-state index contributed by atoms with van der Waals surface area (Å²) in [6.07, 6.45) is 2.78. The SMILES string of the molecule is COc1ccc(CCN2CCN(C(=O)CCCc3nc(-c4ccc(OC)cc4)no3)CC2)cc1. The van der Waals surface area contributed by atoms with E-state index < -0.39 is 0 Å². The molecule has 1 aliphatic heterocycles. The molecule has 1 aliphatic rings. The quantitative estimate of drug-likeness (QED) is 0.454. The first-order valence-corrected chi connectivity index (χ1v) is 11.7. The number of aryl methyl sites for hydroxylation is 1. The first-order valence-electron chi connectivity index (χ1n) is 11.7. The summed E-state index contributed by atoms with van der Waals surface area (Å²) in [4.78, 5) is 21.5. The average Bonchev–Trinajstić information content (AvgIpc) is 3.37. The maximum absolute atomic E-state index is 12.6. The van der Waals surface area contributed by atoms with Gasteiger partial charge in [-0.05, 0) is 54.8 Å². The molecule has 0 saturated carbocycles.